The fourth-order valence-corrected chi connectivity index (χ4v) is 20.3. The first-order chi connectivity index (χ1) is 49.1. The zero-order chi connectivity index (χ0) is 76.9. The molecule has 12 aliphatic rings. The van der Waals surface area contributed by atoms with Gasteiger partial charge < -0.3 is 169 Å². The number of fused-ring (bicyclic) bond motifs is 7. The summed E-state index contributed by atoms with van der Waals surface area (Å²) in [6, 6.07) is 0. The number of aliphatic carboxylic acids is 1. The largest absolute Gasteiger partial charge is 0.479 e. The fourth-order valence-electron chi connectivity index (χ4n) is 20.3. The van der Waals surface area contributed by atoms with Crippen LogP contribution in [-0.4, -0.2) is 355 Å². The Bertz CT molecular complexity index is 3130. The summed E-state index contributed by atoms with van der Waals surface area (Å²) in [5.41, 5.74) is -9.58. The van der Waals surface area contributed by atoms with Crippen LogP contribution in [0.3, 0.4) is 0 Å². The minimum Gasteiger partial charge on any atom is -0.479 e. The van der Waals surface area contributed by atoms with Crippen LogP contribution < -0.4 is 0 Å². The number of carbonyl (C=O) groups is 3. The summed E-state index contributed by atoms with van der Waals surface area (Å²) in [6.07, 6.45) is -51.1. The van der Waals surface area contributed by atoms with Crippen molar-refractivity contribution in [1.82, 2.24) is 0 Å². The summed E-state index contributed by atoms with van der Waals surface area (Å²) in [4.78, 5) is 43.1. The van der Waals surface area contributed by atoms with Gasteiger partial charge in [-0.25, -0.2) is 4.79 Å². The molecule has 0 radical (unpaired) electrons. The standard InChI is InChI=1S/C69H108O36/c1-25-35(75)39(79)48(102-57-43(83)40(80)46(26(2)97-57)100-56-45(85)51(86)69(92,24-95-56)53-52(87)67(91,22-72)23-94-53)59(96-25)105-61(90)68-16-15-62(3,4)17-28(68)27-9-10-32-63(5)13-12-34(64(6,21-71)31(63)11-14-65(32,7)66(27,8)18-33(68)74)99-60-49(103-58-42(82)38(78)37(77)30(19-70)98-58)44(84)47(50(104-60)54(88)89)101-55-41(81)36(76)29(73)20-93-55/h9,21,25-26,28-53,55-60,70,72-87,91-92H,10-20,22-24H2,1-8H3,(H,88,89)/t25-,26+,28?,29+,30+,31?,32?,33+,34?,35-,36-,37-,38-,39+,40+,41+,42+,43-,44-,45+,46+,47-,48+,49+,50-,51+,52+,53-,55-,56-,57+,58-,59+,60+,63?,64-,65?,66+,67+,68?,69?/m0/s1. The molecule has 36 heteroatoms. The Morgan fingerprint density at radius 2 is 1.17 bits per heavy atom. The predicted octanol–water partition coefficient (Wildman–Crippen LogP) is -6.96. The van der Waals surface area contributed by atoms with Gasteiger partial charge in [-0.05, 0) is 111 Å². The molecule has 20 N–H and O–H groups in total. The fraction of sp³-hybridized carbons (Fsp3) is 0.928. The van der Waals surface area contributed by atoms with Gasteiger partial charge in [-0.3, -0.25) is 4.79 Å². The molecule has 0 aromatic rings. The van der Waals surface area contributed by atoms with Crippen molar-refractivity contribution in [2.24, 2.45) is 50.2 Å². The Kier molecular flexibility index (Phi) is 23.0. The maximum atomic E-state index is 15.7. The van der Waals surface area contributed by atoms with E-state index in [9.17, 15) is 112 Å². The number of aldehydes is 1. The van der Waals surface area contributed by atoms with E-state index in [0.717, 1.165) is 11.9 Å². The summed E-state index contributed by atoms with van der Waals surface area (Å²) < 4.78 is 77.2. The van der Waals surface area contributed by atoms with Crippen molar-refractivity contribution in [2.45, 2.75) is 315 Å². The Morgan fingerprint density at radius 1 is 0.562 bits per heavy atom. The molecule has 0 amide bonds. The van der Waals surface area contributed by atoms with E-state index in [2.05, 4.69) is 40.7 Å². The molecule has 8 unspecified atom stereocenters. The summed E-state index contributed by atoms with van der Waals surface area (Å²) in [6.45, 7) is 11.0. The first kappa shape index (κ1) is 81.6. The maximum absolute atomic E-state index is 15.7. The van der Waals surface area contributed by atoms with Gasteiger partial charge in [0, 0.05) is 0 Å². The quantitative estimate of drug-likeness (QED) is 0.0278. The topological polar surface area (TPSA) is 576 Å². The van der Waals surface area contributed by atoms with E-state index < -0.39 is 291 Å². The van der Waals surface area contributed by atoms with E-state index in [0.29, 0.717) is 38.5 Å². The van der Waals surface area contributed by atoms with Crippen molar-refractivity contribution >= 4 is 18.2 Å². The minimum absolute atomic E-state index is 0.0381. The van der Waals surface area contributed by atoms with Gasteiger partial charge in [0.2, 0.25) is 6.29 Å². The van der Waals surface area contributed by atoms with Crippen molar-refractivity contribution in [3.05, 3.63) is 11.6 Å². The second-order valence-corrected chi connectivity index (χ2v) is 33.6. The van der Waals surface area contributed by atoms with Crippen LogP contribution in [0.4, 0.5) is 0 Å². The molecule has 36 nitrogen and oxygen atoms in total. The average molecular weight is 1510 g/mol. The number of carbonyl (C=O) groups excluding carboxylic acids is 2. The van der Waals surface area contributed by atoms with E-state index >= 15 is 4.79 Å². The molecule has 0 bridgehead atoms. The summed E-state index contributed by atoms with van der Waals surface area (Å²) >= 11 is 0. The third-order valence-corrected chi connectivity index (χ3v) is 27.0. The third-order valence-electron chi connectivity index (χ3n) is 27.0. The molecular weight excluding hydrogens is 1400 g/mol. The lowest BCUT2D eigenvalue weighted by atomic mass is 9.33. The van der Waals surface area contributed by atoms with Crippen LogP contribution in [0, 0.1) is 50.2 Å². The lowest BCUT2D eigenvalue weighted by Crippen LogP contribution is -2.70. The zero-order valence-electron chi connectivity index (χ0n) is 59.7. The highest BCUT2D eigenvalue weighted by molar-refractivity contribution is 5.80. The molecule has 0 aromatic heterocycles. The van der Waals surface area contributed by atoms with Crippen molar-refractivity contribution < 1.29 is 178 Å². The Morgan fingerprint density at radius 3 is 1.82 bits per heavy atom. The number of rotatable bonds is 17. The maximum Gasteiger partial charge on any atom is 0.335 e. The number of hydrogen-bond acceptors (Lipinski definition) is 35. The summed E-state index contributed by atoms with van der Waals surface area (Å²) in [5, 5.41) is 221. The lowest BCUT2D eigenvalue weighted by molar-refractivity contribution is -0.387. The minimum atomic E-state index is -2.56. The molecule has 105 heavy (non-hydrogen) atoms. The number of allylic oxidation sites excluding steroid dienone is 2. The van der Waals surface area contributed by atoms with Crippen molar-refractivity contribution in [3.8, 4) is 0 Å². The molecule has 0 aromatic carbocycles. The monoisotopic (exact) mass is 1510 g/mol. The van der Waals surface area contributed by atoms with Crippen molar-refractivity contribution in [3.63, 3.8) is 0 Å². The SMILES string of the molecule is C[C@@H]1O[C@H](OC(=O)C23CCC(C)(C)CC2C2=CCC4C5(C)CCC(O[C@@H]6O[C@H](C(=O)O)[C@@H](O[C@@H]7OC[C@@H](O)[C@H](O)[C@H]7O)[C@H](O)[C@H]6O[C@@H]6O[C@H](CO)[C@H](O)[C@H](O)[C@H]6O)[C@@](C)(C=O)C5CCC4(C)[C@]2(C)C[C@H]3O)[C@H](O[C@H]2O[C@H](C)[C@@H](O[C@@H]3OCC(O)([C@H]4OC[C@](O)(CO)[C@@H]4O)[C@H](O)[C@H]3O)[C@H](O)[C@@H]2O)[C@H](O)[C@H]1O. The molecule has 7 saturated heterocycles. The Hall–Kier alpha value is -2.89. The normalized spacial score (nSPS) is 55.7. The van der Waals surface area contributed by atoms with Crippen molar-refractivity contribution in [2.75, 3.05) is 33.0 Å². The van der Waals surface area contributed by atoms with E-state index in [1.165, 1.54) is 13.8 Å². The van der Waals surface area contributed by atoms with Crippen molar-refractivity contribution in [1.29, 1.82) is 0 Å². The number of carboxylic acid groups (broad SMARTS) is 1. The first-order valence-electron chi connectivity index (χ1n) is 36.3. The Labute approximate surface area is 604 Å². The van der Waals surface area contributed by atoms with Crippen LogP contribution in [0.5, 0.6) is 0 Å². The second kappa shape index (κ2) is 29.6. The number of aliphatic hydroxyl groups is 19. The molecule has 4 saturated carbocycles. The van der Waals surface area contributed by atoms with Crippen LogP contribution in [0.2, 0.25) is 0 Å². The average Bonchev–Trinajstić information content (AvgIpc) is 1.10. The second-order valence-electron chi connectivity index (χ2n) is 33.6. The Balaban J connectivity index is 0.771. The third kappa shape index (κ3) is 13.3. The van der Waals surface area contributed by atoms with Gasteiger partial charge >= 0.3 is 11.9 Å². The number of carboxylic acids is 1. The van der Waals surface area contributed by atoms with Crippen LogP contribution in [0.25, 0.3) is 0 Å². The molecule has 11 fully saturated rings. The number of hydrogen-bond donors (Lipinski definition) is 20. The molecule has 600 valence electrons. The van der Waals surface area contributed by atoms with Crippen LogP contribution in [-0.2, 0) is 76.0 Å². The molecular formula is C69H108O36. The molecule has 7 heterocycles. The molecule has 0 spiro atoms. The molecule has 41 atom stereocenters. The van der Waals surface area contributed by atoms with Gasteiger partial charge in [-0.15, -0.1) is 0 Å². The van der Waals surface area contributed by atoms with Gasteiger partial charge in [-0.2, -0.15) is 0 Å². The van der Waals surface area contributed by atoms with E-state index in [4.69, 9.17) is 61.6 Å². The number of esters is 1. The van der Waals surface area contributed by atoms with Gasteiger partial charge in [0.25, 0.3) is 0 Å². The van der Waals surface area contributed by atoms with Gasteiger partial charge in [-0.1, -0.05) is 53.2 Å². The number of aliphatic hydroxyl groups excluding tert-OH is 17. The molecule has 5 aliphatic carbocycles. The van der Waals surface area contributed by atoms with Gasteiger partial charge in [0.05, 0.1) is 62.9 Å². The highest BCUT2D eigenvalue weighted by Crippen LogP contribution is 2.76. The van der Waals surface area contributed by atoms with E-state index in [1.807, 2.05) is 0 Å². The smallest absolute Gasteiger partial charge is 0.335 e. The van der Waals surface area contributed by atoms with Crippen LogP contribution in [0.15, 0.2) is 11.6 Å². The first-order valence-corrected chi connectivity index (χ1v) is 36.3. The number of ether oxygens (including phenoxy) is 13. The van der Waals surface area contributed by atoms with E-state index in [-0.39, 0.29) is 25.2 Å². The van der Waals surface area contributed by atoms with Gasteiger partial charge in [0.15, 0.2) is 43.7 Å². The highest BCUT2D eigenvalue weighted by Gasteiger charge is 2.74. The molecule has 7 aliphatic heterocycles. The van der Waals surface area contributed by atoms with Crippen LogP contribution in [0.1, 0.15) is 113 Å². The molecule has 12 rings (SSSR count). The lowest BCUT2D eigenvalue weighted by Gasteiger charge is -2.71. The van der Waals surface area contributed by atoms with Crippen LogP contribution >= 0.6 is 0 Å². The summed E-state index contributed by atoms with van der Waals surface area (Å²) in [5.74, 6) is -4.04. The van der Waals surface area contributed by atoms with Gasteiger partial charge in [0.1, 0.15) is 139 Å². The summed E-state index contributed by atoms with van der Waals surface area (Å²) in [7, 11) is 0. The highest BCUT2D eigenvalue weighted by atomic mass is 16.8. The van der Waals surface area contributed by atoms with E-state index in [1.54, 1.807) is 6.92 Å². The zero-order valence-corrected chi connectivity index (χ0v) is 59.7. The predicted molar refractivity (Wildman–Crippen MR) is 342 cm³/mol.